The Labute approximate surface area is 194 Å². The van der Waals surface area contributed by atoms with E-state index in [-0.39, 0.29) is 23.6 Å². The van der Waals surface area contributed by atoms with Gasteiger partial charge in [-0.1, -0.05) is 41.9 Å². The molecule has 0 saturated heterocycles. The summed E-state index contributed by atoms with van der Waals surface area (Å²) in [5.74, 6) is -1.85. The summed E-state index contributed by atoms with van der Waals surface area (Å²) < 4.78 is 19.5. The van der Waals surface area contributed by atoms with E-state index >= 15 is 0 Å². The second kappa shape index (κ2) is 11.4. The van der Waals surface area contributed by atoms with Gasteiger partial charge in [0, 0.05) is 11.3 Å². The van der Waals surface area contributed by atoms with Crippen molar-refractivity contribution in [3.05, 3.63) is 94.3 Å². The highest BCUT2D eigenvalue weighted by atomic mass is 35.5. The lowest BCUT2D eigenvalue weighted by Crippen LogP contribution is -2.32. The second-order valence-corrected chi connectivity index (χ2v) is 7.15. The van der Waals surface area contributed by atoms with Crippen LogP contribution >= 0.6 is 11.6 Å². The molecule has 0 bridgehead atoms. The fourth-order valence-corrected chi connectivity index (χ4v) is 2.93. The summed E-state index contributed by atoms with van der Waals surface area (Å²) in [4.78, 5) is 23.9. The van der Waals surface area contributed by atoms with E-state index in [0.717, 1.165) is 5.56 Å². The lowest BCUT2D eigenvalue weighted by molar-refractivity contribution is -0.136. The van der Waals surface area contributed by atoms with Gasteiger partial charge in [0.1, 0.15) is 18.2 Å². The average molecular weight is 465 g/mol. The SMILES string of the molecule is N#CCc1ccc(NC(=O)C(=O)NN=Cc2cccc(OCc3c(F)cccc3Cl)c2)cc1. The van der Waals surface area contributed by atoms with E-state index in [9.17, 15) is 14.0 Å². The number of hydrogen-bond donors (Lipinski definition) is 2. The van der Waals surface area contributed by atoms with Crippen LogP contribution in [0.5, 0.6) is 5.75 Å². The van der Waals surface area contributed by atoms with Gasteiger partial charge in [-0.3, -0.25) is 9.59 Å². The molecule has 2 N–H and O–H groups in total. The lowest BCUT2D eigenvalue weighted by Gasteiger charge is -2.09. The lowest BCUT2D eigenvalue weighted by atomic mass is 10.1. The normalized spacial score (nSPS) is 10.5. The van der Waals surface area contributed by atoms with Gasteiger partial charge in [-0.25, -0.2) is 9.82 Å². The first-order chi connectivity index (χ1) is 16.0. The molecule has 0 spiro atoms. The summed E-state index contributed by atoms with van der Waals surface area (Å²) in [6, 6.07) is 19.7. The fraction of sp³-hybridized carbons (Fsp3) is 0.0833. The molecule has 0 aromatic heterocycles. The Morgan fingerprint density at radius 1 is 1.09 bits per heavy atom. The molecular weight excluding hydrogens is 447 g/mol. The Kier molecular flexibility index (Phi) is 8.11. The minimum Gasteiger partial charge on any atom is -0.489 e. The van der Waals surface area contributed by atoms with Crippen LogP contribution in [0.4, 0.5) is 10.1 Å². The average Bonchev–Trinajstić information content (AvgIpc) is 2.80. The van der Waals surface area contributed by atoms with Crippen LogP contribution in [0.25, 0.3) is 0 Å². The molecule has 0 aliphatic rings. The number of carbonyl (C=O) groups excluding carboxylic acids is 2. The standard InChI is InChI=1S/C24H18ClFN4O3/c25-21-5-2-6-22(26)20(21)15-33-19-4-1-3-17(13-19)14-28-30-24(32)23(31)29-18-9-7-16(8-10-18)11-12-27/h1-10,13-14H,11,15H2,(H,29,31)(H,30,32). The molecular formula is C24H18ClFN4O3. The van der Waals surface area contributed by atoms with Gasteiger partial charge in [-0.05, 0) is 47.5 Å². The molecule has 166 valence electrons. The summed E-state index contributed by atoms with van der Waals surface area (Å²) in [7, 11) is 0. The van der Waals surface area contributed by atoms with Crippen LogP contribution in [-0.4, -0.2) is 18.0 Å². The van der Waals surface area contributed by atoms with Gasteiger partial charge in [-0.2, -0.15) is 10.4 Å². The largest absolute Gasteiger partial charge is 0.489 e. The fourth-order valence-electron chi connectivity index (χ4n) is 2.71. The number of hydrogen-bond acceptors (Lipinski definition) is 5. The Hall–Kier alpha value is -4.22. The molecule has 33 heavy (non-hydrogen) atoms. The number of nitrogens with one attached hydrogen (secondary N) is 2. The molecule has 0 aliphatic heterocycles. The van der Waals surface area contributed by atoms with Crippen LogP contribution in [0.15, 0.2) is 71.8 Å². The number of ether oxygens (including phenoxy) is 1. The Morgan fingerprint density at radius 2 is 1.85 bits per heavy atom. The van der Waals surface area contributed by atoms with Gasteiger partial charge in [-0.15, -0.1) is 0 Å². The van der Waals surface area contributed by atoms with E-state index in [0.29, 0.717) is 17.0 Å². The molecule has 0 aliphatic carbocycles. The van der Waals surface area contributed by atoms with Crippen LogP contribution in [0.3, 0.4) is 0 Å². The van der Waals surface area contributed by atoms with Crippen molar-refractivity contribution in [3.63, 3.8) is 0 Å². The third-order valence-corrected chi connectivity index (χ3v) is 4.74. The molecule has 0 unspecified atom stereocenters. The molecule has 0 saturated carbocycles. The number of carbonyl (C=O) groups is 2. The van der Waals surface area contributed by atoms with Crippen molar-refractivity contribution in [1.29, 1.82) is 5.26 Å². The highest BCUT2D eigenvalue weighted by Crippen LogP contribution is 2.21. The van der Waals surface area contributed by atoms with E-state index in [4.69, 9.17) is 21.6 Å². The predicted octanol–water partition coefficient (Wildman–Crippen LogP) is 4.21. The van der Waals surface area contributed by atoms with Crippen LogP contribution in [0.2, 0.25) is 5.02 Å². The molecule has 0 fully saturated rings. The van der Waals surface area contributed by atoms with Crippen molar-refractivity contribution in [2.45, 2.75) is 13.0 Å². The molecule has 3 aromatic rings. The highest BCUT2D eigenvalue weighted by Gasteiger charge is 2.13. The number of amides is 2. The predicted molar refractivity (Wildman–Crippen MR) is 122 cm³/mol. The van der Waals surface area contributed by atoms with Crippen molar-refractivity contribution in [2.24, 2.45) is 5.10 Å². The zero-order valence-electron chi connectivity index (χ0n) is 17.2. The van der Waals surface area contributed by atoms with Crippen molar-refractivity contribution in [2.75, 3.05) is 5.32 Å². The van der Waals surface area contributed by atoms with Crippen LogP contribution in [-0.2, 0) is 22.6 Å². The zero-order valence-corrected chi connectivity index (χ0v) is 18.0. The van der Waals surface area contributed by atoms with E-state index < -0.39 is 17.6 Å². The maximum Gasteiger partial charge on any atom is 0.329 e. The first-order valence-electron chi connectivity index (χ1n) is 9.72. The Bertz CT molecular complexity index is 1200. The molecule has 0 radical (unpaired) electrons. The second-order valence-electron chi connectivity index (χ2n) is 6.75. The number of benzene rings is 3. The zero-order chi connectivity index (χ0) is 23.6. The van der Waals surface area contributed by atoms with Gasteiger partial charge >= 0.3 is 11.8 Å². The van der Waals surface area contributed by atoms with E-state index in [1.807, 2.05) is 6.07 Å². The molecule has 0 heterocycles. The smallest absolute Gasteiger partial charge is 0.329 e. The van der Waals surface area contributed by atoms with Gasteiger partial charge in [0.05, 0.1) is 23.7 Å². The van der Waals surface area contributed by atoms with E-state index in [2.05, 4.69) is 15.8 Å². The molecule has 2 amide bonds. The van der Waals surface area contributed by atoms with Crippen molar-refractivity contribution in [1.82, 2.24) is 5.43 Å². The number of nitriles is 1. The third kappa shape index (κ3) is 6.89. The van der Waals surface area contributed by atoms with Gasteiger partial charge in [0.25, 0.3) is 0 Å². The third-order valence-electron chi connectivity index (χ3n) is 4.38. The first-order valence-corrected chi connectivity index (χ1v) is 10.1. The summed E-state index contributed by atoms with van der Waals surface area (Å²) >= 11 is 6.00. The summed E-state index contributed by atoms with van der Waals surface area (Å²) in [5.41, 5.74) is 4.19. The first kappa shape index (κ1) is 23.4. The summed E-state index contributed by atoms with van der Waals surface area (Å²) in [6.07, 6.45) is 1.59. The topological polar surface area (TPSA) is 104 Å². The van der Waals surface area contributed by atoms with E-state index in [1.165, 1.54) is 18.3 Å². The maximum absolute atomic E-state index is 13.9. The molecule has 3 rings (SSSR count). The van der Waals surface area contributed by atoms with E-state index in [1.54, 1.807) is 54.6 Å². The number of rotatable bonds is 7. The van der Waals surface area contributed by atoms with Gasteiger partial charge in [0.2, 0.25) is 0 Å². The summed E-state index contributed by atoms with van der Waals surface area (Å²) in [6.45, 7) is -0.0551. The molecule has 7 nitrogen and oxygen atoms in total. The number of nitrogens with zero attached hydrogens (tertiary/aromatic N) is 2. The van der Waals surface area contributed by atoms with Gasteiger partial charge in [0.15, 0.2) is 0 Å². The van der Waals surface area contributed by atoms with Crippen LogP contribution in [0.1, 0.15) is 16.7 Å². The monoisotopic (exact) mass is 464 g/mol. The maximum atomic E-state index is 13.9. The van der Waals surface area contributed by atoms with Crippen LogP contribution in [0, 0.1) is 17.1 Å². The molecule has 9 heteroatoms. The van der Waals surface area contributed by atoms with Crippen molar-refractivity contribution in [3.8, 4) is 11.8 Å². The number of hydrazone groups is 1. The van der Waals surface area contributed by atoms with Crippen molar-refractivity contribution >= 4 is 35.3 Å². The number of halogens is 2. The minimum atomic E-state index is -0.950. The quantitative estimate of drug-likeness (QED) is 0.310. The van der Waals surface area contributed by atoms with Gasteiger partial charge < -0.3 is 10.1 Å². The molecule has 0 atom stereocenters. The number of anilines is 1. The molecule has 3 aromatic carbocycles. The minimum absolute atomic E-state index is 0.0551. The Balaban J connectivity index is 1.52. The summed E-state index contributed by atoms with van der Waals surface area (Å²) in [5, 5.41) is 15.2. The highest BCUT2D eigenvalue weighted by molar-refractivity contribution is 6.39. The van der Waals surface area contributed by atoms with Crippen molar-refractivity contribution < 1.29 is 18.7 Å². The Morgan fingerprint density at radius 3 is 2.58 bits per heavy atom. The van der Waals surface area contributed by atoms with Crippen LogP contribution < -0.4 is 15.5 Å².